The number of benzene rings is 1. The third-order valence-corrected chi connectivity index (χ3v) is 5.23. The molecule has 0 atom stereocenters. The van der Waals surface area contributed by atoms with Gasteiger partial charge < -0.3 is 25.3 Å². The number of carbonyl (C=O) groups is 1. The lowest BCUT2D eigenvalue weighted by Crippen LogP contribution is -2.40. The number of alkyl carbamates (subject to hydrolysis) is 1. The van der Waals surface area contributed by atoms with Gasteiger partial charge in [0.15, 0.2) is 18.1 Å². The average molecular weight is 486 g/mol. The van der Waals surface area contributed by atoms with Crippen LogP contribution in [0.4, 0.5) is 10.6 Å². The Morgan fingerprint density at radius 2 is 1.75 bits per heavy atom. The number of ether oxygens (including phenoxy) is 3. The van der Waals surface area contributed by atoms with Gasteiger partial charge in [0.05, 0.1) is 25.4 Å². The Bertz CT molecular complexity index is 1520. The number of hydrogen-bond donors (Lipinski definition) is 2. The van der Waals surface area contributed by atoms with Crippen molar-refractivity contribution < 1.29 is 19.0 Å². The number of aromatic nitrogens is 3. The average Bonchev–Trinajstić information content (AvgIpc) is 2.84. The first-order chi connectivity index (χ1) is 17.2. The molecule has 0 unspecified atom stereocenters. The molecule has 0 saturated carbocycles. The lowest BCUT2D eigenvalue weighted by Gasteiger charge is -2.19. The molecule has 0 spiro atoms. The first-order valence-corrected chi connectivity index (χ1v) is 11.2. The van der Waals surface area contributed by atoms with Crippen LogP contribution in [0.3, 0.4) is 0 Å². The Balaban J connectivity index is 1.67. The number of carbonyl (C=O) groups excluding carboxylic acids is 1. The van der Waals surface area contributed by atoms with Crippen molar-refractivity contribution in [1.29, 1.82) is 0 Å². The summed E-state index contributed by atoms with van der Waals surface area (Å²) in [6.45, 7) is 5.57. The zero-order valence-corrected chi connectivity index (χ0v) is 20.8. The number of hydrogen-bond acceptors (Lipinski definition) is 8. The number of nitrogens with zero attached hydrogens (tertiary/aromatic N) is 3. The molecule has 3 heterocycles. The summed E-state index contributed by atoms with van der Waals surface area (Å²) in [6.07, 6.45) is 4.51. The number of anilines is 1. The Morgan fingerprint density at radius 3 is 2.47 bits per heavy atom. The summed E-state index contributed by atoms with van der Waals surface area (Å²) in [7, 11) is 3.17. The zero-order valence-electron chi connectivity index (χ0n) is 20.8. The summed E-state index contributed by atoms with van der Waals surface area (Å²) in [4.78, 5) is 25.1. The van der Waals surface area contributed by atoms with Gasteiger partial charge in [-0.2, -0.15) is 0 Å². The second kappa shape index (κ2) is 9.96. The van der Waals surface area contributed by atoms with Crippen LogP contribution in [-0.4, -0.2) is 47.4 Å². The minimum absolute atomic E-state index is 0.0440. The molecule has 1 aromatic carbocycles. The van der Waals surface area contributed by atoms with E-state index in [0.29, 0.717) is 28.6 Å². The highest BCUT2D eigenvalue weighted by atomic mass is 16.5. The van der Waals surface area contributed by atoms with Crippen LogP contribution in [0.25, 0.3) is 32.9 Å². The van der Waals surface area contributed by atoms with Crippen molar-refractivity contribution in [1.82, 2.24) is 20.3 Å². The van der Waals surface area contributed by atoms with Crippen LogP contribution in [0.2, 0.25) is 0 Å². The van der Waals surface area contributed by atoms with E-state index in [9.17, 15) is 4.79 Å². The largest absolute Gasteiger partial charge is 0.493 e. The molecule has 0 fully saturated rings. The highest BCUT2D eigenvalue weighted by molar-refractivity contribution is 6.10. The van der Waals surface area contributed by atoms with Gasteiger partial charge in [-0.15, -0.1) is 0 Å². The highest BCUT2D eigenvalue weighted by Gasteiger charge is 2.15. The minimum atomic E-state index is -0.518. The molecule has 0 aliphatic carbocycles. The molecular formula is C27H27N5O4. The predicted molar refractivity (Wildman–Crippen MR) is 139 cm³/mol. The van der Waals surface area contributed by atoms with Crippen molar-refractivity contribution in [2.24, 2.45) is 0 Å². The summed E-state index contributed by atoms with van der Waals surface area (Å²) < 4.78 is 16.0. The van der Waals surface area contributed by atoms with Crippen molar-refractivity contribution in [3.63, 3.8) is 0 Å². The molecule has 0 bridgehead atoms. The summed E-state index contributed by atoms with van der Waals surface area (Å²) in [5, 5.41) is 5.17. The van der Waals surface area contributed by atoms with Crippen molar-refractivity contribution in [3.8, 4) is 34.6 Å². The van der Waals surface area contributed by atoms with E-state index in [0.717, 1.165) is 27.2 Å². The van der Waals surface area contributed by atoms with E-state index >= 15 is 0 Å². The first kappa shape index (κ1) is 24.5. The van der Waals surface area contributed by atoms with Gasteiger partial charge in [0, 0.05) is 52.1 Å². The second-order valence-electron chi connectivity index (χ2n) is 9.05. The number of rotatable bonds is 4. The molecule has 4 rings (SSSR count). The summed E-state index contributed by atoms with van der Waals surface area (Å²) in [6, 6.07) is 7.50. The minimum Gasteiger partial charge on any atom is -0.493 e. The smallest absolute Gasteiger partial charge is 0.408 e. The highest BCUT2D eigenvalue weighted by Crippen LogP contribution is 2.36. The number of nitrogens with two attached hydrogens (primary N) is 1. The number of nitrogen functional groups attached to an aromatic ring is 1. The van der Waals surface area contributed by atoms with Gasteiger partial charge >= 0.3 is 6.09 Å². The Morgan fingerprint density at radius 1 is 1.00 bits per heavy atom. The molecule has 1 amide bonds. The molecule has 3 aromatic heterocycles. The molecule has 4 aromatic rings. The fraction of sp³-hybridized carbons (Fsp3) is 0.259. The quantitative estimate of drug-likeness (QED) is 0.324. The molecule has 0 saturated heterocycles. The molecule has 36 heavy (non-hydrogen) atoms. The van der Waals surface area contributed by atoms with Crippen molar-refractivity contribution in [2.75, 3.05) is 26.6 Å². The molecule has 0 aliphatic rings. The lowest BCUT2D eigenvalue weighted by molar-refractivity contribution is 0.151. The third-order valence-electron chi connectivity index (χ3n) is 5.23. The van der Waals surface area contributed by atoms with Crippen LogP contribution < -0.4 is 20.5 Å². The van der Waals surface area contributed by atoms with Gasteiger partial charge in [-0.1, -0.05) is 11.8 Å². The number of amides is 1. The summed E-state index contributed by atoms with van der Waals surface area (Å²) >= 11 is 0. The molecular weight excluding hydrogens is 458 g/mol. The number of fused-ring (bicyclic) bond motifs is 3. The lowest BCUT2D eigenvalue weighted by atomic mass is 10.0. The van der Waals surface area contributed by atoms with Gasteiger partial charge in [0.1, 0.15) is 5.82 Å². The Hall–Kier alpha value is -4.58. The van der Waals surface area contributed by atoms with E-state index in [-0.39, 0.29) is 12.1 Å². The number of nitrogens with one attached hydrogen (secondary N) is 1. The Kier molecular flexibility index (Phi) is 6.79. The van der Waals surface area contributed by atoms with Gasteiger partial charge in [0.2, 0.25) is 0 Å². The fourth-order valence-corrected chi connectivity index (χ4v) is 3.64. The molecule has 0 radical (unpaired) electrons. The van der Waals surface area contributed by atoms with E-state index in [1.807, 2.05) is 45.0 Å². The molecule has 9 heteroatoms. The van der Waals surface area contributed by atoms with Gasteiger partial charge in [-0.3, -0.25) is 9.97 Å². The summed E-state index contributed by atoms with van der Waals surface area (Å²) in [5.41, 5.74) is 8.70. The standard InChI is InChI=1S/C27H27N5O4/c1-27(2,3)32-26(33)36-8-6-7-16-9-17(14-29-13-16)21-10-18-19-11-23(34-4)24(35-5)12-22(19)30-15-20(18)25(28)31-21/h9-15H,8H2,1-5H3,(H2,28,31)(H,32,33). The van der Waals surface area contributed by atoms with Gasteiger partial charge in [-0.05, 0) is 44.4 Å². The van der Waals surface area contributed by atoms with Gasteiger partial charge in [-0.25, -0.2) is 9.78 Å². The van der Waals surface area contributed by atoms with Crippen LogP contribution in [-0.2, 0) is 4.74 Å². The van der Waals surface area contributed by atoms with E-state index in [1.165, 1.54) is 0 Å². The maximum Gasteiger partial charge on any atom is 0.408 e. The van der Waals surface area contributed by atoms with E-state index in [2.05, 4.69) is 32.1 Å². The van der Waals surface area contributed by atoms with E-state index in [4.69, 9.17) is 19.9 Å². The fourth-order valence-electron chi connectivity index (χ4n) is 3.64. The van der Waals surface area contributed by atoms with Crippen LogP contribution in [0.5, 0.6) is 11.5 Å². The topological polar surface area (TPSA) is 121 Å². The monoisotopic (exact) mass is 485 g/mol. The third kappa shape index (κ3) is 5.39. The maximum absolute atomic E-state index is 11.8. The zero-order chi connectivity index (χ0) is 25.9. The molecule has 3 N–H and O–H groups in total. The normalized spacial score (nSPS) is 11.0. The van der Waals surface area contributed by atoms with Gasteiger partial charge in [0.25, 0.3) is 0 Å². The SMILES string of the molecule is COc1cc2ncc3c(N)nc(-c4cncc(C#CCOC(=O)NC(C)(C)C)c4)cc3c2cc1OC. The number of pyridine rings is 3. The Labute approximate surface area is 209 Å². The molecule has 0 aliphatic heterocycles. The van der Waals surface area contributed by atoms with Crippen LogP contribution in [0.15, 0.2) is 42.9 Å². The summed E-state index contributed by atoms with van der Waals surface area (Å²) in [5.74, 6) is 7.33. The van der Waals surface area contributed by atoms with Crippen molar-refractivity contribution >= 4 is 33.6 Å². The number of methoxy groups -OCH3 is 2. The molecule has 184 valence electrons. The van der Waals surface area contributed by atoms with Crippen LogP contribution in [0.1, 0.15) is 26.3 Å². The second-order valence-corrected chi connectivity index (χ2v) is 9.05. The van der Waals surface area contributed by atoms with E-state index in [1.54, 1.807) is 32.8 Å². The first-order valence-electron chi connectivity index (χ1n) is 11.2. The van der Waals surface area contributed by atoms with Crippen LogP contribution >= 0.6 is 0 Å². The van der Waals surface area contributed by atoms with E-state index < -0.39 is 6.09 Å². The van der Waals surface area contributed by atoms with Crippen molar-refractivity contribution in [2.45, 2.75) is 26.3 Å². The molecule has 9 nitrogen and oxygen atoms in total. The predicted octanol–water partition coefficient (Wildman–Crippen LogP) is 4.32. The van der Waals surface area contributed by atoms with Crippen LogP contribution in [0, 0.1) is 11.8 Å². The maximum atomic E-state index is 11.8. The van der Waals surface area contributed by atoms with Crippen molar-refractivity contribution in [3.05, 3.63) is 48.4 Å².